The Kier molecular flexibility index (Phi) is 7.97. The van der Waals surface area contributed by atoms with Gasteiger partial charge in [-0.2, -0.15) is 0 Å². The molecule has 9 aromatic carbocycles. The molecule has 75 heavy (non-hydrogen) atoms. The molecule has 4 heteroatoms. The lowest BCUT2D eigenvalue weighted by atomic mass is 9.33. The number of hydrogen-bond acceptors (Lipinski definition) is 0. The van der Waals surface area contributed by atoms with E-state index in [-0.39, 0.29) is 28.4 Å². The maximum Gasteiger partial charge on any atom is 0.253 e. The highest BCUT2D eigenvalue weighted by molar-refractivity contribution is 7.02. The summed E-state index contributed by atoms with van der Waals surface area (Å²) >= 11 is 0. The van der Waals surface area contributed by atoms with Crippen molar-refractivity contribution in [2.75, 3.05) is 0 Å². The molecule has 0 atom stereocenters. The van der Waals surface area contributed by atoms with Gasteiger partial charge in [-0.1, -0.05) is 192 Å². The standard InChI is InChI=1S/C71H62BN3/c1-67(2,3)39-26-28-44-45-29-27-40(68(4,5)6)35-53(45)71(52(44)34-39)51-30-31-58-61-66(51)75-63-48(32-41(36-54(63)71)69(7,8)9)49-33-42(70(10,11)12)37-55(64(49)75)72(61)62-60-47-23-17-19-25-57(47)73(43-20-14-13-15-21-43)59(60)38-50-46-22-16-18-24-56(46)74(58)65(50)62/h13-38H,1-12H3. The van der Waals surface area contributed by atoms with E-state index in [1.54, 1.807) is 0 Å². The van der Waals surface area contributed by atoms with E-state index in [9.17, 15) is 0 Å². The van der Waals surface area contributed by atoms with Gasteiger partial charge in [-0.3, -0.25) is 0 Å². The molecule has 0 N–H and O–H groups in total. The fraction of sp³-hybridized carbons (Fsp3) is 0.239. The SMILES string of the molecule is CC(C)(C)c1ccc2c(c1)C1(c3cc(C(C)(C)C)ccc3-2)c2ccc3c4c2-n2c5c(cc(C(C)(C)C)cc5c5cc(C(C)(C)C)cc1c52)B4c1c2c4ccccc4n(-c4ccccc4)c2cc2c4ccccc4n-3c12. The van der Waals surface area contributed by atoms with Gasteiger partial charge in [0, 0.05) is 54.9 Å². The van der Waals surface area contributed by atoms with Gasteiger partial charge >= 0.3 is 0 Å². The third-order valence-electron chi connectivity index (χ3n) is 18.6. The molecule has 0 unspecified atom stereocenters. The Hall–Kier alpha value is -7.56. The maximum atomic E-state index is 2.81. The van der Waals surface area contributed by atoms with Crippen LogP contribution in [-0.4, -0.2) is 20.4 Å². The lowest BCUT2D eigenvalue weighted by molar-refractivity contribution is 0.583. The molecule has 0 fully saturated rings. The third kappa shape index (κ3) is 5.24. The van der Waals surface area contributed by atoms with Gasteiger partial charge in [0.05, 0.1) is 33.0 Å². The lowest BCUT2D eigenvalue weighted by Crippen LogP contribution is -2.61. The van der Waals surface area contributed by atoms with E-state index in [0.717, 1.165) is 0 Å². The molecule has 16 rings (SSSR count). The van der Waals surface area contributed by atoms with Crippen molar-refractivity contribution in [3.8, 4) is 28.2 Å². The van der Waals surface area contributed by atoms with Crippen LogP contribution in [0.25, 0.3) is 93.6 Å². The Balaban J connectivity index is 1.20. The second-order valence-corrected chi connectivity index (χ2v) is 26.9. The van der Waals surface area contributed by atoms with Gasteiger partial charge in [0.1, 0.15) is 0 Å². The van der Waals surface area contributed by atoms with Crippen molar-refractivity contribution in [3.05, 3.63) is 202 Å². The smallest absolute Gasteiger partial charge is 0.253 e. The van der Waals surface area contributed by atoms with Gasteiger partial charge in [-0.15, -0.1) is 0 Å². The number of rotatable bonds is 1. The van der Waals surface area contributed by atoms with E-state index in [4.69, 9.17) is 0 Å². The van der Waals surface area contributed by atoms with Crippen molar-refractivity contribution in [1.29, 1.82) is 0 Å². The molecule has 4 aliphatic rings. The van der Waals surface area contributed by atoms with E-state index in [2.05, 4.69) is 255 Å². The van der Waals surface area contributed by atoms with E-state index < -0.39 is 5.41 Å². The van der Waals surface area contributed by atoms with Crippen molar-refractivity contribution >= 4 is 88.5 Å². The molecule has 3 aliphatic heterocycles. The van der Waals surface area contributed by atoms with Crippen LogP contribution in [0.4, 0.5) is 0 Å². The van der Waals surface area contributed by atoms with Crippen LogP contribution in [0, 0.1) is 0 Å². The van der Waals surface area contributed by atoms with Crippen molar-refractivity contribution in [1.82, 2.24) is 13.7 Å². The highest BCUT2D eigenvalue weighted by atomic mass is 15.1. The molecular formula is C71H62BN3. The minimum absolute atomic E-state index is 0.0595. The Labute approximate surface area is 440 Å². The van der Waals surface area contributed by atoms with Crippen LogP contribution >= 0.6 is 0 Å². The Morgan fingerprint density at radius 2 is 0.893 bits per heavy atom. The summed E-state index contributed by atoms with van der Waals surface area (Å²) in [6.07, 6.45) is 0. The van der Waals surface area contributed by atoms with Crippen molar-refractivity contribution < 1.29 is 0 Å². The molecule has 0 saturated carbocycles. The molecule has 1 spiro atoms. The first kappa shape index (κ1) is 43.8. The topological polar surface area (TPSA) is 14.8 Å². The summed E-state index contributed by atoms with van der Waals surface area (Å²) in [5.41, 5.74) is 28.7. The fourth-order valence-electron chi connectivity index (χ4n) is 15.0. The van der Waals surface area contributed by atoms with Crippen molar-refractivity contribution in [2.45, 2.75) is 110 Å². The van der Waals surface area contributed by atoms with Gasteiger partial charge in [-0.25, -0.2) is 0 Å². The van der Waals surface area contributed by atoms with Gasteiger partial charge in [0.2, 0.25) is 0 Å². The normalized spacial score (nSPS) is 15.0. The Morgan fingerprint density at radius 1 is 0.360 bits per heavy atom. The number of para-hydroxylation sites is 3. The van der Waals surface area contributed by atoms with Crippen LogP contribution in [0.2, 0.25) is 0 Å². The van der Waals surface area contributed by atoms with Gasteiger partial charge < -0.3 is 13.7 Å². The van der Waals surface area contributed by atoms with E-state index in [1.807, 2.05) is 0 Å². The number of benzene rings is 9. The zero-order valence-electron chi connectivity index (χ0n) is 45.4. The molecule has 364 valence electrons. The summed E-state index contributed by atoms with van der Waals surface area (Å²) in [6, 6.07) is 62.8. The molecule has 1 aliphatic carbocycles. The van der Waals surface area contributed by atoms with E-state index >= 15 is 0 Å². The molecule has 0 saturated heterocycles. The van der Waals surface area contributed by atoms with Crippen LogP contribution in [0.5, 0.6) is 0 Å². The summed E-state index contributed by atoms with van der Waals surface area (Å²) in [6.45, 7) is 28.7. The first-order valence-corrected chi connectivity index (χ1v) is 27.5. The molecule has 0 radical (unpaired) electrons. The van der Waals surface area contributed by atoms with Crippen molar-refractivity contribution in [2.24, 2.45) is 0 Å². The molecule has 3 aromatic heterocycles. The average Bonchev–Trinajstić information content (AvgIpc) is 4.11. The third-order valence-corrected chi connectivity index (χ3v) is 18.6. The molecule has 3 nitrogen and oxygen atoms in total. The molecule has 0 amide bonds. The van der Waals surface area contributed by atoms with Crippen LogP contribution in [0.1, 0.15) is 128 Å². The Bertz CT molecular complexity index is 4550. The highest BCUT2D eigenvalue weighted by Gasteiger charge is 2.55. The van der Waals surface area contributed by atoms with E-state index in [1.165, 1.54) is 155 Å². The van der Waals surface area contributed by atoms with Crippen molar-refractivity contribution in [3.63, 3.8) is 0 Å². The van der Waals surface area contributed by atoms with Gasteiger partial charge in [0.15, 0.2) is 0 Å². The van der Waals surface area contributed by atoms with Crippen LogP contribution in [-0.2, 0) is 27.1 Å². The summed E-state index contributed by atoms with van der Waals surface area (Å²) in [7, 11) is 0. The van der Waals surface area contributed by atoms with Crippen LogP contribution in [0.15, 0.2) is 158 Å². The maximum absolute atomic E-state index is 2.81. The minimum atomic E-state index is -0.625. The summed E-state index contributed by atoms with van der Waals surface area (Å²) in [5, 5.41) is 7.97. The number of fused-ring (bicyclic) bond motifs is 18. The summed E-state index contributed by atoms with van der Waals surface area (Å²) in [4.78, 5) is 0. The second kappa shape index (κ2) is 13.6. The largest absolute Gasteiger partial charge is 0.310 e. The van der Waals surface area contributed by atoms with Crippen LogP contribution < -0.4 is 16.4 Å². The minimum Gasteiger partial charge on any atom is -0.310 e. The Morgan fingerprint density at radius 3 is 1.52 bits per heavy atom. The number of nitrogens with zero attached hydrogens (tertiary/aromatic N) is 3. The zero-order valence-corrected chi connectivity index (χ0v) is 45.4. The summed E-state index contributed by atoms with van der Waals surface area (Å²) < 4.78 is 8.04. The summed E-state index contributed by atoms with van der Waals surface area (Å²) in [5.74, 6) is 0. The predicted molar refractivity (Wildman–Crippen MR) is 320 cm³/mol. The lowest BCUT2D eigenvalue weighted by Gasteiger charge is -2.45. The first-order chi connectivity index (χ1) is 35.8. The van der Waals surface area contributed by atoms with Crippen LogP contribution in [0.3, 0.4) is 0 Å². The second-order valence-electron chi connectivity index (χ2n) is 26.9. The predicted octanol–water partition coefficient (Wildman–Crippen LogP) is 16.0. The average molecular weight is 968 g/mol. The van der Waals surface area contributed by atoms with Gasteiger partial charge in [0.25, 0.3) is 6.71 Å². The molecule has 6 heterocycles. The number of aromatic nitrogens is 3. The van der Waals surface area contributed by atoms with Gasteiger partial charge in [-0.05, 0) is 142 Å². The quantitative estimate of drug-likeness (QED) is 0.146. The molecule has 0 bridgehead atoms. The monoisotopic (exact) mass is 968 g/mol. The zero-order chi connectivity index (χ0) is 51.4. The number of hydrogen-bond donors (Lipinski definition) is 0. The highest BCUT2D eigenvalue weighted by Crippen LogP contribution is 2.63. The van der Waals surface area contributed by atoms with E-state index in [0.29, 0.717) is 0 Å². The fourth-order valence-corrected chi connectivity index (χ4v) is 15.0. The molecular weight excluding hydrogens is 906 g/mol. The first-order valence-electron chi connectivity index (χ1n) is 27.5. The molecule has 12 aromatic rings.